The molecule has 0 fully saturated rings. The Balaban J connectivity index is 0.731. The highest BCUT2D eigenvalue weighted by molar-refractivity contribution is 6.90. The third-order valence-corrected chi connectivity index (χ3v) is 23.3. The fourth-order valence-electron chi connectivity index (χ4n) is 17.0. The van der Waals surface area contributed by atoms with Crippen molar-refractivity contribution in [2.45, 2.75) is 19.6 Å². The fraction of sp³-hybridized carbons (Fsp3) is 0.0309. The lowest BCUT2D eigenvalue weighted by Crippen LogP contribution is -2.38. The van der Waals surface area contributed by atoms with Gasteiger partial charge in [0.1, 0.15) is 0 Å². The second kappa shape index (κ2) is 22.9. The van der Waals surface area contributed by atoms with Gasteiger partial charge in [-0.05, 0) is 197 Å². The van der Waals surface area contributed by atoms with Crippen molar-refractivity contribution in [3.05, 3.63) is 346 Å². The molecule has 0 N–H and O–H groups in total. The molecule has 98 heavy (non-hydrogen) atoms. The van der Waals surface area contributed by atoms with E-state index in [2.05, 4.69) is 365 Å². The molecular weight excluding hydrogens is 1190 g/mol. The first-order valence-corrected chi connectivity index (χ1v) is 37.9. The molecule has 0 aliphatic carbocycles. The molecule has 0 aromatic heterocycles. The van der Waals surface area contributed by atoms with Crippen LogP contribution in [0.15, 0.2) is 346 Å². The highest BCUT2D eigenvalue weighted by atomic mass is 28.3. The van der Waals surface area contributed by atoms with E-state index in [4.69, 9.17) is 0 Å². The summed E-state index contributed by atoms with van der Waals surface area (Å²) < 4.78 is 0. The molecule has 0 atom stereocenters. The maximum atomic E-state index is 2.46. The molecule has 19 rings (SSSR count). The Bertz CT molecular complexity index is 6410. The van der Waals surface area contributed by atoms with E-state index >= 15 is 0 Å². The van der Waals surface area contributed by atoms with Gasteiger partial charge >= 0.3 is 0 Å². The topological polar surface area (TPSA) is 0 Å². The number of rotatable bonds is 9. The summed E-state index contributed by atoms with van der Waals surface area (Å²) in [5, 5.41) is 26.6. The minimum Gasteiger partial charge on any atom is -0.0656 e. The van der Waals surface area contributed by atoms with E-state index < -0.39 is 8.07 Å². The van der Waals surface area contributed by atoms with E-state index in [0.29, 0.717) is 0 Å². The molecule has 0 heterocycles. The molecule has 0 bridgehead atoms. The maximum Gasteiger partial charge on any atom is 0.0784 e. The van der Waals surface area contributed by atoms with Gasteiger partial charge in [0.05, 0.1) is 8.07 Å². The van der Waals surface area contributed by atoms with Gasteiger partial charge in [0.2, 0.25) is 0 Å². The number of benzene rings is 19. The van der Waals surface area contributed by atoms with Gasteiger partial charge in [0, 0.05) is 0 Å². The van der Waals surface area contributed by atoms with Crippen LogP contribution in [0.2, 0.25) is 19.6 Å². The Morgan fingerprint density at radius 3 is 0.541 bits per heavy atom. The third kappa shape index (κ3) is 8.97. The zero-order chi connectivity index (χ0) is 65.2. The predicted octanol–water partition coefficient (Wildman–Crippen LogP) is 27.1. The molecule has 0 saturated heterocycles. The van der Waals surface area contributed by atoms with Gasteiger partial charge in [-0.25, -0.2) is 0 Å². The van der Waals surface area contributed by atoms with Crippen molar-refractivity contribution in [3.63, 3.8) is 0 Å². The molecule has 0 aliphatic heterocycles. The molecule has 0 unspecified atom stereocenters. The van der Waals surface area contributed by atoms with Gasteiger partial charge in [0.15, 0.2) is 0 Å². The van der Waals surface area contributed by atoms with E-state index in [1.54, 1.807) is 0 Å². The Hall–Kier alpha value is -12.0. The molecule has 0 saturated carbocycles. The van der Waals surface area contributed by atoms with Crippen LogP contribution in [0, 0.1) is 0 Å². The van der Waals surface area contributed by atoms with Crippen molar-refractivity contribution in [3.8, 4) is 89.0 Å². The zero-order valence-electron chi connectivity index (χ0n) is 54.9. The van der Waals surface area contributed by atoms with Crippen LogP contribution in [0.5, 0.6) is 0 Å². The Morgan fingerprint density at radius 2 is 0.296 bits per heavy atom. The Morgan fingerprint density at radius 1 is 0.133 bits per heavy atom. The van der Waals surface area contributed by atoms with Crippen molar-refractivity contribution in [2.75, 3.05) is 0 Å². The second-order valence-electron chi connectivity index (χ2n) is 27.5. The SMILES string of the molecule is C[Si](C)(C)c1ccc(-c2c3ccccc3c(-c3ccc(-c4ccc(-c5ccc(-c6ccc(-c7c8ccccc8c(-c8ccc(-c9ccccc9)c9ccccc89)c8ccccc78)c7ccccc67)c6ccccc56)c5ccccc45)c4ccccc34)c3ccccc23)c2ccccc12. The van der Waals surface area contributed by atoms with Crippen LogP contribution in [0.25, 0.3) is 197 Å². The normalized spacial score (nSPS) is 12.0. The standard InChI is InChI=1S/C97H66Si/c1-98(2,3)93-60-59-92(73-39-17-18-40-80(73)93)97-87-47-25-23-45-85(87)96(86-46-24-26-48-88(86)97)91-58-55-79(69-35-13-16-38-72(69)91)77-53-51-75(65-31-9-11-33-67(65)77)74-50-52-76(66-32-10-8-30-64(66)74)78-54-57-90(71-37-15-12-34-68(71)78)95-83-43-21-19-41-81(83)94(82-42-20-22-44-84(82)95)89-56-49-62(61-27-5-4-6-28-61)63-29-7-14-36-70(63)89/h4-60H,1-3H3. The lowest BCUT2D eigenvalue weighted by atomic mass is 9.82. The summed E-state index contributed by atoms with van der Waals surface area (Å²) in [6.45, 7) is 7.38. The minimum atomic E-state index is -1.64. The van der Waals surface area contributed by atoms with E-state index in [9.17, 15) is 0 Å². The number of hydrogen-bond acceptors (Lipinski definition) is 0. The molecule has 0 radical (unpaired) electrons. The van der Waals surface area contributed by atoms with Crippen molar-refractivity contribution >= 4 is 121 Å². The molecule has 0 nitrogen and oxygen atoms in total. The lowest BCUT2D eigenvalue weighted by Gasteiger charge is -2.23. The van der Waals surface area contributed by atoms with E-state index in [1.807, 2.05) is 0 Å². The zero-order valence-corrected chi connectivity index (χ0v) is 55.9. The monoisotopic (exact) mass is 1260 g/mol. The van der Waals surface area contributed by atoms with Crippen molar-refractivity contribution < 1.29 is 0 Å². The summed E-state index contributed by atoms with van der Waals surface area (Å²) in [7, 11) is -1.64. The average molecular weight is 1260 g/mol. The minimum absolute atomic E-state index is 1.22. The molecule has 1 heteroatoms. The van der Waals surface area contributed by atoms with Gasteiger partial charge in [-0.3, -0.25) is 0 Å². The van der Waals surface area contributed by atoms with Crippen molar-refractivity contribution in [1.82, 2.24) is 0 Å². The van der Waals surface area contributed by atoms with Crippen LogP contribution in [0.3, 0.4) is 0 Å². The van der Waals surface area contributed by atoms with Crippen molar-refractivity contribution in [1.29, 1.82) is 0 Å². The van der Waals surface area contributed by atoms with Crippen LogP contribution in [-0.2, 0) is 0 Å². The van der Waals surface area contributed by atoms with Crippen molar-refractivity contribution in [2.24, 2.45) is 0 Å². The van der Waals surface area contributed by atoms with Crippen LogP contribution in [-0.4, -0.2) is 8.07 Å². The third-order valence-electron chi connectivity index (χ3n) is 21.2. The first kappa shape index (κ1) is 57.4. The Labute approximate surface area is 571 Å². The summed E-state index contributed by atoms with van der Waals surface area (Å²) in [4.78, 5) is 0. The number of fused-ring (bicyclic) bond motifs is 10. The first-order chi connectivity index (χ1) is 48.3. The lowest BCUT2D eigenvalue weighted by molar-refractivity contribution is 1.64. The van der Waals surface area contributed by atoms with Gasteiger partial charge < -0.3 is 0 Å². The van der Waals surface area contributed by atoms with Gasteiger partial charge in [-0.1, -0.05) is 371 Å². The van der Waals surface area contributed by atoms with Crippen LogP contribution < -0.4 is 5.19 Å². The largest absolute Gasteiger partial charge is 0.0784 e. The van der Waals surface area contributed by atoms with Gasteiger partial charge in [-0.15, -0.1) is 0 Å². The highest BCUT2D eigenvalue weighted by Gasteiger charge is 2.26. The molecule has 458 valence electrons. The summed E-state index contributed by atoms with van der Waals surface area (Å²) in [5.74, 6) is 0. The maximum absolute atomic E-state index is 2.46. The molecule has 0 amide bonds. The van der Waals surface area contributed by atoms with Crippen LogP contribution in [0.1, 0.15) is 0 Å². The second-order valence-corrected chi connectivity index (χ2v) is 32.6. The highest BCUT2D eigenvalue weighted by Crippen LogP contribution is 2.52. The molecule has 0 spiro atoms. The summed E-state index contributed by atoms with van der Waals surface area (Å²) >= 11 is 0. The fourth-order valence-corrected chi connectivity index (χ4v) is 18.6. The molecule has 19 aromatic carbocycles. The summed E-state index contributed by atoms with van der Waals surface area (Å²) in [6.07, 6.45) is 0. The predicted molar refractivity (Wildman–Crippen MR) is 428 cm³/mol. The number of hydrogen-bond donors (Lipinski definition) is 0. The summed E-state index contributed by atoms with van der Waals surface area (Å²) in [6, 6.07) is 130. The van der Waals surface area contributed by atoms with Gasteiger partial charge in [0.25, 0.3) is 0 Å². The van der Waals surface area contributed by atoms with E-state index in [1.165, 1.54) is 202 Å². The van der Waals surface area contributed by atoms with Gasteiger partial charge in [-0.2, -0.15) is 0 Å². The first-order valence-electron chi connectivity index (χ1n) is 34.4. The Kier molecular flexibility index (Phi) is 13.4. The molecule has 19 aromatic rings. The summed E-state index contributed by atoms with van der Waals surface area (Å²) in [5.41, 5.74) is 19.9. The van der Waals surface area contributed by atoms with Crippen LogP contribution in [0.4, 0.5) is 0 Å². The average Bonchev–Trinajstić information content (AvgIpc) is 0.726. The van der Waals surface area contributed by atoms with Crippen LogP contribution >= 0.6 is 0 Å². The van der Waals surface area contributed by atoms with E-state index in [0.717, 1.165) is 0 Å². The smallest absolute Gasteiger partial charge is 0.0656 e. The van der Waals surface area contributed by atoms with E-state index in [-0.39, 0.29) is 0 Å². The quantitative estimate of drug-likeness (QED) is 0.0998. The molecule has 0 aliphatic rings. The molecular formula is C97H66Si.